The molecule has 2 rings (SSSR count). The van der Waals surface area contributed by atoms with Gasteiger partial charge < -0.3 is 9.47 Å². The first-order valence-electron chi connectivity index (χ1n) is 4.68. The molecule has 0 radical (unpaired) electrons. The molecular formula is C9H10Cl2N2O2. The van der Waals surface area contributed by atoms with Crippen LogP contribution in [0.4, 0.5) is 0 Å². The molecule has 4 nitrogen and oxygen atoms in total. The second-order valence-electron chi connectivity index (χ2n) is 3.22. The smallest absolute Gasteiger partial charge is 0.237 e. The predicted molar refractivity (Wildman–Crippen MR) is 56.5 cm³/mol. The monoisotopic (exact) mass is 248 g/mol. The number of hydrogen-bond acceptors (Lipinski definition) is 4. The first-order valence-corrected chi connectivity index (χ1v) is 5.44. The molecular weight excluding hydrogens is 239 g/mol. The van der Waals surface area contributed by atoms with Crippen molar-refractivity contribution >= 4 is 23.2 Å². The van der Waals surface area contributed by atoms with Gasteiger partial charge in [-0.15, -0.1) is 0 Å². The Hall–Kier alpha value is -0.580. The van der Waals surface area contributed by atoms with E-state index in [4.69, 9.17) is 32.7 Å². The van der Waals surface area contributed by atoms with Crippen molar-refractivity contribution in [1.82, 2.24) is 9.97 Å². The standard InChI is InChI=1S/C9H10Cl2N2O2/c10-7-5-12-9(11)13-8(7)15-6-1-3-14-4-2-6/h5-6H,1-4H2. The Balaban J connectivity index is 2.05. The molecule has 0 bridgehead atoms. The number of ether oxygens (including phenoxy) is 2. The zero-order valence-electron chi connectivity index (χ0n) is 7.95. The molecule has 1 saturated heterocycles. The summed E-state index contributed by atoms with van der Waals surface area (Å²) >= 11 is 11.5. The summed E-state index contributed by atoms with van der Waals surface area (Å²) in [5, 5.41) is 0.521. The molecule has 1 aromatic rings. The van der Waals surface area contributed by atoms with Gasteiger partial charge in [0.25, 0.3) is 0 Å². The number of nitrogens with zero attached hydrogens (tertiary/aromatic N) is 2. The Bertz CT molecular complexity index is 343. The van der Waals surface area contributed by atoms with E-state index in [2.05, 4.69) is 9.97 Å². The van der Waals surface area contributed by atoms with Gasteiger partial charge in [0.05, 0.1) is 19.4 Å². The number of aromatic nitrogens is 2. The van der Waals surface area contributed by atoms with E-state index in [1.54, 1.807) is 0 Å². The second-order valence-corrected chi connectivity index (χ2v) is 3.97. The van der Waals surface area contributed by atoms with E-state index in [0.29, 0.717) is 24.1 Å². The highest BCUT2D eigenvalue weighted by molar-refractivity contribution is 6.32. The van der Waals surface area contributed by atoms with Crippen molar-refractivity contribution in [3.05, 3.63) is 16.5 Å². The van der Waals surface area contributed by atoms with Crippen LogP contribution in [0.1, 0.15) is 12.8 Å². The van der Waals surface area contributed by atoms with Gasteiger partial charge in [-0.25, -0.2) is 4.98 Å². The Morgan fingerprint density at radius 2 is 2.07 bits per heavy atom. The first-order chi connectivity index (χ1) is 7.25. The van der Waals surface area contributed by atoms with Crippen molar-refractivity contribution < 1.29 is 9.47 Å². The molecule has 1 aliphatic rings. The fourth-order valence-electron chi connectivity index (χ4n) is 1.37. The summed E-state index contributed by atoms with van der Waals surface area (Å²) in [6.45, 7) is 1.42. The fourth-order valence-corrected chi connectivity index (χ4v) is 1.63. The summed E-state index contributed by atoms with van der Waals surface area (Å²) in [6, 6.07) is 0. The molecule has 0 saturated carbocycles. The molecule has 0 amide bonds. The summed E-state index contributed by atoms with van der Waals surface area (Å²) in [4.78, 5) is 7.68. The van der Waals surface area contributed by atoms with E-state index >= 15 is 0 Å². The first kappa shape index (κ1) is 10.9. The maximum Gasteiger partial charge on any atom is 0.237 e. The summed E-state index contributed by atoms with van der Waals surface area (Å²) < 4.78 is 10.8. The third-order valence-corrected chi connectivity index (χ3v) is 2.57. The summed E-state index contributed by atoms with van der Waals surface area (Å²) in [5.41, 5.74) is 0. The lowest BCUT2D eigenvalue weighted by Crippen LogP contribution is -2.26. The van der Waals surface area contributed by atoms with Crippen LogP contribution >= 0.6 is 23.2 Å². The van der Waals surface area contributed by atoms with Crippen LogP contribution in [0.2, 0.25) is 10.3 Å². The van der Waals surface area contributed by atoms with E-state index in [1.807, 2.05) is 0 Å². The molecule has 1 aliphatic heterocycles. The molecule has 82 valence electrons. The highest BCUT2D eigenvalue weighted by Crippen LogP contribution is 2.24. The third-order valence-electron chi connectivity index (χ3n) is 2.13. The van der Waals surface area contributed by atoms with Crippen molar-refractivity contribution in [2.24, 2.45) is 0 Å². The van der Waals surface area contributed by atoms with E-state index in [1.165, 1.54) is 6.20 Å². The maximum atomic E-state index is 5.88. The van der Waals surface area contributed by atoms with Gasteiger partial charge in [0, 0.05) is 12.8 Å². The van der Waals surface area contributed by atoms with E-state index in [9.17, 15) is 0 Å². The van der Waals surface area contributed by atoms with Crippen molar-refractivity contribution in [2.75, 3.05) is 13.2 Å². The second kappa shape index (κ2) is 4.96. The Kier molecular flexibility index (Phi) is 3.61. The molecule has 1 aromatic heterocycles. The lowest BCUT2D eigenvalue weighted by Gasteiger charge is -2.22. The lowest BCUT2D eigenvalue weighted by molar-refractivity contribution is 0.0237. The van der Waals surface area contributed by atoms with Crippen LogP contribution in [0, 0.1) is 0 Å². The van der Waals surface area contributed by atoms with Gasteiger partial charge in [0.2, 0.25) is 11.2 Å². The molecule has 0 aromatic carbocycles. The number of halogens is 2. The number of rotatable bonds is 2. The van der Waals surface area contributed by atoms with Crippen LogP contribution in [-0.2, 0) is 4.74 Å². The normalized spacial score (nSPS) is 17.7. The Morgan fingerprint density at radius 3 is 2.80 bits per heavy atom. The zero-order valence-corrected chi connectivity index (χ0v) is 9.46. The van der Waals surface area contributed by atoms with Crippen molar-refractivity contribution in [1.29, 1.82) is 0 Å². The van der Waals surface area contributed by atoms with Crippen LogP contribution < -0.4 is 4.74 Å². The van der Waals surface area contributed by atoms with Gasteiger partial charge in [-0.2, -0.15) is 4.98 Å². The largest absolute Gasteiger partial charge is 0.473 e. The topological polar surface area (TPSA) is 44.2 Å². The van der Waals surface area contributed by atoms with E-state index in [-0.39, 0.29) is 11.4 Å². The third kappa shape index (κ3) is 2.93. The van der Waals surface area contributed by atoms with E-state index in [0.717, 1.165) is 12.8 Å². The minimum atomic E-state index is 0.0993. The molecule has 2 heterocycles. The van der Waals surface area contributed by atoms with Crippen LogP contribution in [-0.4, -0.2) is 29.3 Å². The van der Waals surface area contributed by atoms with Crippen LogP contribution in [0.25, 0.3) is 0 Å². The van der Waals surface area contributed by atoms with Crippen LogP contribution in [0.15, 0.2) is 6.20 Å². The molecule has 6 heteroatoms. The molecule has 0 atom stereocenters. The Labute approximate surface area is 97.5 Å². The van der Waals surface area contributed by atoms with Gasteiger partial charge in [-0.3, -0.25) is 0 Å². The van der Waals surface area contributed by atoms with E-state index < -0.39 is 0 Å². The molecule has 0 unspecified atom stereocenters. The zero-order chi connectivity index (χ0) is 10.7. The fraction of sp³-hybridized carbons (Fsp3) is 0.556. The molecule has 15 heavy (non-hydrogen) atoms. The highest BCUT2D eigenvalue weighted by atomic mass is 35.5. The average molecular weight is 249 g/mol. The van der Waals surface area contributed by atoms with Gasteiger partial charge >= 0.3 is 0 Å². The van der Waals surface area contributed by atoms with Gasteiger partial charge in [0.1, 0.15) is 11.1 Å². The summed E-state index contributed by atoms with van der Waals surface area (Å²) in [6.07, 6.45) is 3.23. The van der Waals surface area contributed by atoms with Gasteiger partial charge in [-0.1, -0.05) is 11.6 Å². The molecule has 0 aliphatic carbocycles. The van der Waals surface area contributed by atoms with Crippen LogP contribution in [0.5, 0.6) is 5.88 Å². The quantitative estimate of drug-likeness (QED) is 0.754. The van der Waals surface area contributed by atoms with Crippen molar-refractivity contribution in [3.8, 4) is 5.88 Å². The van der Waals surface area contributed by atoms with Gasteiger partial charge in [0.15, 0.2) is 0 Å². The summed E-state index contributed by atoms with van der Waals surface area (Å²) in [5.74, 6) is 0.351. The van der Waals surface area contributed by atoms with Crippen molar-refractivity contribution in [2.45, 2.75) is 18.9 Å². The highest BCUT2D eigenvalue weighted by Gasteiger charge is 2.17. The predicted octanol–water partition coefficient (Wildman–Crippen LogP) is 2.34. The van der Waals surface area contributed by atoms with Crippen LogP contribution in [0.3, 0.4) is 0 Å². The minimum Gasteiger partial charge on any atom is -0.473 e. The van der Waals surface area contributed by atoms with Crippen molar-refractivity contribution in [3.63, 3.8) is 0 Å². The summed E-state index contributed by atoms with van der Waals surface area (Å²) in [7, 11) is 0. The maximum absolute atomic E-state index is 5.88. The molecule has 1 fully saturated rings. The van der Waals surface area contributed by atoms with Gasteiger partial charge in [-0.05, 0) is 11.6 Å². The lowest BCUT2D eigenvalue weighted by atomic mass is 10.2. The SMILES string of the molecule is Clc1ncc(Cl)c(OC2CCOCC2)n1. The minimum absolute atomic E-state index is 0.0993. The molecule has 0 spiro atoms. The average Bonchev–Trinajstić information content (AvgIpc) is 2.25. The number of hydrogen-bond donors (Lipinski definition) is 0. The Morgan fingerprint density at radius 1 is 1.33 bits per heavy atom. The molecule has 0 N–H and O–H groups in total.